The molecule has 1 aromatic carbocycles. The summed E-state index contributed by atoms with van der Waals surface area (Å²) in [5.41, 5.74) is 7.48. The summed E-state index contributed by atoms with van der Waals surface area (Å²) >= 11 is 0. The smallest absolute Gasteiger partial charge is 0.231 e. The van der Waals surface area contributed by atoms with Gasteiger partial charge in [-0.15, -0.1) is 0 Å². The van der Waals surface area contributed by atoms with Gasteiger partial charge in [0.25, 0.3) is 0 Å². The zero-order chi connectivity index (χ0) is 12.8. The lowest BCUT2D eigenvalue weighted by Crippen LogP contribution is -2.48. The molecule has 2 aliphatic rings. The average Bonchev–Trinajstić information content (AvgIpc) is 2.89. The first-order chi connectivity index (χ1) is 8.57. The monoisotopic (exact) mass is 248 g/mol. The van der Waals surface area contributed by atoms with Gasteiger partial charge < -0.3 is 15.2 Å². The van der Waals surface area contributed by atoms with Crippen LogP contribution < -0.4 is 15.2 Å². The summed E-state index contributed by atoms with van der Waals surface area (Å²) in [5.74, 6) is 1.70. The summed E-state index contributed by atoms with van der Waals surface area (Å²) in [6.07, 6.45) is 1.07. The predicted octanol–water partition coefficient (Wildman–Crippen LogP) is 1.73. The van der Waals surface area contributed by atoms with Gasteiger partial charge in [-0.1, -0.05) is 6.07 Å². The Morgan fingerprint density at radius 1 is 1.33 bits per heavy atom. The number of hydrogen-bond donors (Lipinski definition) is 1. The molecule has 1 saturated heterocycles. The highest BCUT2D eigenvalue weighted by Crippen LogP contribution is 2.34. The van der Waals surface area contributed by atoms with E-state index in [1.807, 2.05) is 6.07 Å². The topological polar surface area (TPSA) is 47.7 Å². The van der Waals surface area contributed by atoms with Gasteiger partial charge in [-0.25, -0.2) is 0 Å². The van der Waals surface area contributed by atoms with E-state index in [1.165, 1.54) is 5.56 Å². The van der Waals surface area contributed by atoms with Crippen molar-refractivity contribution in [3.63, 3.8) is 0 Å². The minimum Gasteiger partial charge on any atom is -0.454 e. The maximum absolute atomic E-state index is 6.16. The molecule has 2 heterocycles. The molecule has 2 aliphatic heterocycles. The van der Waals surface area contributed by atoms with Crippen LogP contribution in [0.3, 0.4) is 0 Å². The third-order valence-corrected chi connectivity index (χ3v) is 4.24. The van der Waals surface area contributed by atoms with Crippen LogP contribution in [0.4, 0.5) is 0 Å². The van der Waals surface area contributed by atoms with E-state index in [4.69, 9.17) is 15.2 Å². The second kappa shape index (κ2) is 4.14. The van der Waals surface area contributed by atoms with Gasteiger partial charge in [-0.3, -0.25) is 4.90 Å². The summed E-state index contributed by atoms with van der Waals surface area (Å²) in [7, 11) is 0. The fraction of sp³-hybridized carbons (Fsp3) is 0.571. The fourth-order valence-corrected chi connectivity index (χ4v) is 2.71. The van der Waals surface area contributed by atoms with E-state index < -0.39 is 0 Å². The van der Waals surface area contributed by atoms with Crippen molar-refractivity contribution in [1.82, 2.24) is 4.90 Å². The Kier molecular flexibility index (Phi) is 2.72. The first-order valence-electron chi connectivity index (χ1n) is 6.46. The minimum absolute atomic E-state index is 0.0658. The number of likely N-dealkylation sites (tertiary alicyclic amines) is 1. The third kappa shape index (κ3) is 1.85. The van der Waals surface area contributed by atoms with Crippen LogP contribution in [0, 0.1) is 0 Å². The minimum atomic E-state index is 0.0658. The molecule has 18 heavy (non-hydrogen) atoms. The van der Waals surface area contributed by atoms with Gasteiger partial charge in [-0.2, -0.15) is 0 Å². The van der Waals surface area contributed by atoms with Gasteiger partial charge in [0.2, 0.25) is 6.79 Å². The lowest BCUT2D eigenvalue weighted by molar-refractivity contribution is 0.154. The molecule has 1 unspecified atom stereocenters. The van der Waals surface area contributed by atoms with Crippen LogP contribution >= 0.6 is 0 Å². The van der Waals surface area contributed by atoms with E-state index in [-0.39, 0.29) is 11.6 Å². The number of benzene rings is 1. The first-order valence-corrected chi connectivity index (χ1v) is 6.46. The lowest BCUT2D eigenvalue weighted by Gasteiger charge is -2.34. The molecule has 4 nitrogen and oxygen atoms in total. The van der Waals surface area contributed by atoms with Gasteiger partial charge in [0.05, 0.1) is 0 Å². The lowest BCUT2D eigenvalue weighted by atomic mass is 9.96. The highest BCUT2D eigenvalue weighted by molar-refractivity contribution is 5.44. The van der Waals surface area contributed by atoms with Crippen LogP contribution in [0.2, 0.25) is 0 Å². The molecule has 0 aromatic heterocycles. The molecule has 0 spiro atoms. The Morgan fingerprint density at radius 2 is 2.11 bits per heavy atom. The predicted molar refractivity (Wildman–Crippen MR) is 69.6 cm³/mol. The van der Waals surface area contributed by atoms with Crippen molar-refractivity contribution in [2.45, 2.75) is 38.4 Å². The number of nitrogens with zero attached hydrogens (tertiary/aromatic N) is 1. The van der Waals surface area contributed by atoms with Gasteiger partial charge in [-0.05, 0) is 38.0 Å². The van der Waals surface area contributed by atoms with Crippen molar-refractivity contribution in [1.29, 1.82) is 0 Å². The Labute approximate surface area is 108 Å². The molecule has 98 valence electrons. The SMILES string of the molecule is CC1(C)C(N)CCN1Cc1ccc2c(c1)OCO2. The Bertz CT molecular complexity index is 459. The van der Waals surface area contributed by atoms with Crippen LogP contribution in [0.1, 0.15) is 25.8 Å². The molecule has 0 aliphatic carbocycles. The van der Waals surface area contributed by atoms with E-state index >= 15 is 0 Å². The van der Waals surface area contributed by atoms with Crippen LogP contribution in [-0.4, -0.2) is 29.8 Å². The molecule has 3 rings (SSSR count). The highest BCUT2D eigenvalue weighted by Gasteiger charge is 2.38. The van der Waals surface area contributed by atoms with E-state index in [0.29, 0.717) is 6.79 Å². The Morgan fingerprint density at radius 3 is 2.83 bits per heavy atom. The van der Waals surface area contributed by atoms with Crippen molar-refractivity contribution in [3.8, 4) is 11.5 Å². The summed E-state index contributed by atoms with van der Waals surface area (Å²) in [6.45, 7) is 6.74. The standard InChI is InChI=1S/C14H20N2O2/c1-14(2)13(15)5-6-16(14)8-10-3-4-11-12(7-10)18-9-17-11/h3-4,7,13H,5-6,8-9,15H2,1-2H3. The first kappa shape index (κ1) is 11.8. The summed E-state index contributed by atoms with van der Waals surface area (Å²) in [4.78, 5) is 2.44. The molecule has 0 radical (unpaired) electrons. The van der Waals surface area contributed by atoms with E-state index in [9.17, 15) is 0 Å². The molecule has 1 aromatic rings. The number of ether oxygens (including phenoxy) is 2. The molecule has 2 N–H and O–H groups in total. The number of hydrogen-bond acceptors (Lipinski definition) is 4. The quantitative estimate of drug-likeness (QED) is 0.866. The third-order valence-electron chi connectivity index (χ3n) is 4.24. The van der Waals surface area contributed by atoms with Gasteiger partial charge >= 0.3 is 0 Å². The summed E-state index contributed by atoms with van der Waals surface area (Å²) in [6, 6.07) is 6.42. The van der Waals surface area contributed by atoms with Crippen LogP contribution in [-0.2, 0) is 6.54 Å². The zero-order valence-corrected chi connectivity index (χ0v) is 11.0. The molecular weight excluding hydrogens is 228 g/mol. The largest absolute Gasteiger partial charge is 0.454 e. The molecule has 0 saturated carbocycles. The summed E-state index contributed by atoms with van der Waals surface area (Å²) < 4.78 is 10.7. The van der Waals surface area contributed by atoms with E-state index in [2.05, 4.69) is 30.9 Å². The van der Waals surface area contributed by atoms with E-state index in [0.717, 1.165) is 31.0 Å². The average molecular weight is 248 g/mol. The van der Waals surface area contributed by atoms with Crippen molar-refractivity contribution >= 4 is 0 Å². The second-order valence-corrected chi connectivity index (χ2v) is 5.66. The van der Waals surface area contributed by atoms with Crippen LogP contribution in [0.25, 0.3) is 0 Å². The Hall–Kier alpha value is -1.26. The second-order valence-electron chi connectivity index (χ2n) is 5.66. The number of rotatable bonds is 2. The van der Waals surface area contributed by atoms with Crippen molar-refractivity contribution in [2.75, 3.05) is 13.3 Å². The maximum Gasteiger partial charge on any atom is 0.231 e. The number of fused-ring (bicyclic) bond motifs is 1. The van der Waals surface area contributed by atoms with Crippen LogP contribution in [0.15, 0.2) is 18.2 Å². The zero-order valence-electron chi connectivity index (χ0n) is 11.0. The molecule has 1 atom stereocenters. The highest BCUT2D eigenvalue weighted by atomic mass is 16.7. The number of nitrogens with two attached hydrogens (primary N) is 1. The van der Waals surface area contributed by atoms with Crippen molar-refractivity contribution < 1.29 is 9.47 Å². The van der Waals surface area contributed by atoms with Gasteiger partial charge in [0, 0.05) is 24.7 Å². The molecule has 4 heteroatoms. The van der Waals surface area contributed by atoms with E-state index in [1.54, 1.807) is 0 Å². The molecule has 0 bridgehead atoms. The maximum atomic E-state index is 6.16. The van der Waals surface area contributed by atoms with Crippen molar-refractivity contribution in [3.05, 3.63) is 23.8 Å². The fourth-order valence-electron chi connectivity index (χ4n) is 2.71. The Balaban J connectivity index is 1.77. The van der Waals surface area contributed by atoms with Gasteiger partial charge in [0.15, 0.2) is 11.5 Å². The van der Waals surface area contributed by atoms with Gasteiger partial charge in [0.1, 0.15) is 0 Å². The molecular formula is C14H20N2O2. The molecule has 0 amide bonds. The normalized spacial score (nSPS) is 25.6. The van der Waals surface area contributed by atoms with Crippen molar-refractivity contribution in [2.24, 2.45) is 5.73 Å². The van der Waals surface area contributed by atoms with Crippen LogP contribution in [0.5, 0.6) is 11.5 Å². The molecule has 1 fully saturated rings. The summed E-state index contributed by atoms with van der Waals surface area (Å²) in [5, 5.41) is 0.